The van der Waals surface area contributed by atoms with Crippen LogP contribution in [0.25, 0.3) is 17.4 Å². The van der Waals surface area contributed by atoms with Crippen LogP contribution in [0, 0.1) is 10.1 Å². The van der Waals surface area contributed by atoms with Gasteiger partial charge in [-0.2, -0.15) is 0 Å². The smallest absolute Gasteiger partial charge is 0.293 e. The Balaban J connectivity index is 1.54. The molecule has 0 aliphatic carbocycles. The first-order valence-corrected chi connectivity index (χ1v) is 10.4. The predicted octanol–water partition coefficient (Wildman–Crippen LogP) is 6.40. The molecule has 0 spiro atoms. The van der Waals surface area contributed by atoms with Gasteiger partial charge in [0.1, 0.15) is 11.5 Å². The number of nitro benzene ring substituents is 1. The van der Waals surface area contributed by atoms with Gasteiger partial charge >= 0.3 is 0 Å². The average molecular weight is 475 g/mol. The van der Waals surface area contributed by atoms with Gasteiger partial charge in [0.05, 0.1) is 21.4 Å². The molecule has 0 saturated carbocycles. The second-order valence-corrected chi connectivity index (χ2v) is 8.35. The van der Waals surface area contributed by atoms with Crippen molar-refractivity contribution in [3.05, 3.63) is 91.0 Å². The zero-order valence-electron chi connectivity index (χ0n) is 15.6. The molecule has 2 amide bonds. The number of furan rings is 1. The molecule has 0 radical (unpaired) electrons. The lowest BCUT2D eigenvalue weighted by molar-refractivity contribution is -0.384. The number of carbonyl (C=O) groups excluding carboxylic acids is 2. The Morgan fingerprint density at radius 1 is 1.06 bits per heavy atom. The molecule has 1 saturated heterocycles. The first-order chi connectivity index (χ1) is 14.8. The molecule has 3 aromatic rings. The lowest BCUT2D eigenvalue weighted by atomic mass is 10.1. The third-order valence-electron chi connectivity index (χ3n) is 4.46. The van der Waals surface area contributed by atoms with Gasteiger partial charge in [-0.05, 0) is 47.7 Å². The molecular weight excluding hydrogens is 463 g/mol. The van der Waals surface area contributed by atoms with Gasteiger partial charge in [-0.25, -0.2) is 0 Å². The topological polar surface area (TPSA) is 93.7 Å². The van der Waals surface area contributed by atoms with E-state index in [1.165, 1.54) is 24.3 Å². The van der Waals surface area contributed by atoms with Crippen LogP contribution in [-0.2, 0) is 11.3 Å². The summed E-state index contributed by atoms with van der Waals surface area (Å²) in [6.45, 7) is 0.140. The zero-order valence-corrected chi connectivity index (χ0v) is 17.9. The SMILES string of the molecule is O=C1S/C(=C\c2ccc(-c3ccc([N+](=O)[O-])cc3Cl)o2)C(=O)N1Cc1ccc(Cl)cc1. The molecule has 0 N–H and O–H groups in total. The Labute approximate surface area is 190 Å². The second-order valence-electron chi connectivity index (χ2n) is 6.52. The van der Waals surface area contributed by atoms with Crippen molar-refractivity contribution in [1.29, 1.82) is 0 Å². The molecule has 0 atom stereocenters. The maximum Gasteiger partial charge on any atom is 0.293 e. The number of halogens is 2. The first kappa shape index (κ1) is 21.2. The van der Waals surface area contributed by atoms with Crippen molar-refractivity contribution >= 4 is 57.9 Å². The molecular formula is C21H12Cl2N2O5S. The van der Waals surface area contributed by atoms with Gasteiger partial charge < -0.3 is 4.42 Å². The summed E-state index contributed by atoms with van der Waals surface area (Å²) < 4.78 is 5.72. The summed E-state index contributed by atoms with van der Waals surface area (Å²) in [7, 11) is 0. The number of non-ortho nitro benzene ring substituents is 1. The predicted molar refractivity (Wildman–Crippen MR) is 119 cm³/mol. The highest BCUT2D eigenvalue weighted by atomic mass is 35.5. The highest BCUT2D eigenvalue weighted by Gasteiger charge is 2.35. The van der Waals surface area contributed by atoms with Crippen molar-refractivity contribution in [2.45, 2.75) is 6.54 Å². The van der Waals surface area contributed by atoms with E-state index in [-0.39, 0.29) is 27.4 Å². The molecule has 7 nitrogen and oxygen atoms in total. The minimum atomic E-state index is -0.538. The summed E-state index contributed by atoms with van der Waals surface area (Å²) >= 11 is 12.8. The van der Waals surface area contributed by atoms with Gasteiger partial charge in [0.25, 0.3) is 16.8 Å². The third kappa shape index (κ3) is 4.51. The number of rotatable bonds is 5. The fraction of sp³-hybridized carbons (Fsp3) is 0.0476. The summed E-state index contributed by atoms with van der Waals surface area (Å²) in [6.07, 6.45) is 1.48. The molecule has 1 aliphatic rings. The zero-order chi connectivity index (χ0) is 22.1. The summed E-state index contributed by atoms with van der Waals surface area (Å²) in [5, 5.41) is 11.2. The average Bonchev–Trinajstić information content (AvgIpc) is 3.29. The van der Waals surface area contributed by atoms with E-state index in [1.807, 2.05) is 0 Å². The van der Waals surface area contributed by atoms with E-state index in [1.54, 1.807) is 36.4 Å². The summed E-state index contributed by atoms with van der Waals surface area (Å²) in [5.41, 5.74) is 1.12. The van der Waals surface area contributed by atoms with E-state index >= 15 is 0 Å². The van der Waals surface area contributed by atoms with Crippen LogP contribution in [0.4, 0.5) is 10.5 Å². The van der Waals surface area contributed by atoms with Crippen LogP contribution < -0.4 is 0 Å². The quantitative estimate of drug-likeness (QED) is 0.241. The van der Waals surface area contributed by atoms with Crippen LogP contribution in [0.15, 0.2) is 63.9 Å². The van der Waals surface area contributed by atoms with Crippen LogP contribution in [0.5, 0.6) is 0 Å². The molecule has 0 unspecified atom stereocenters. The maximum atomic E-state index is 12.7. The molecule has 1 aromatic heterocycles. The van der Waals surface area contributed by atoms with Crippen molar-refractivity contribution < 1.29 is 18.9 Å². The third-order valence-corrected chi connectivity index (χ3v) is 5.93. The Morgan fingerprint density at radius 2 is 1.81 bits per heavy atom. The number of hydrogen-bond acceptors (Lipinski definition) is 6. The fourth-order valence-corrected chi connectivity index (χ4v) is 4.14. The maximum absolute atomic E-state index is 12.7. The van der Waals surface area contributed by atoms with E-state index in [0.717, 1.165) is 22.2 Å². The second kappa shape index (κ2) is 8.58. The van der Waals surface area contributed by atoms with Crippen molar-refractivity contribution in [1.82, 2.24) is 4.90 Å². The van der Waals surface area contributed by atoms with Crippen LogP contribution in [0.3, 0.4) is 0 Å². The molecule has 31 heavy (non-hydrogen) atoms. The first-order valence-electron chi connectivity index (χ1n) is 8.86. The van der Waals surface area contributed by atoms with Crippen molar-refractivity contribution in [2.75, 3.05) is 0 Å². The summed E-state index contributed by atoms with van der Waals surface area (Å²) in [5.74, 6) is 0.309. The van der Waals surface area contributed by atoms with Crippen molar-refractivity contribution in [3.63, 3.8) is 0 Å². The minimum absolute atomic E-state index is 0.130. The lowest BCUT2D eigenvalue weighted by Gasteiger charge is -2.12. The molecule has 0 bridgehead atoms. The molecule has 10 heteroatoms. The normalized spacial score (nSPS) is 15.2. The van der Waals surface area contributed by atoms with Crippen LogP contribution in [0.1, 0.15) is 11.3 Å². The number of imide groups is 1. The Bertz CT molecular complexity index is 1240. The highest BCUT2D eigenvalue weighted by molar-refractivity contribution is 8.18. The van der Waals surface area contributed by atoms with Gasteiger partial charge in [0.2, 0.25) is 0 Å². The Hall–Kier alpha value is -3.07. The van der Waals surface area contributed by atoms with Crippen LogP contribution in [0.2, 0.25) is 10.0 Å². The van der Waals surface area contributed by atoms with E-state index in [2.05, 4.69) is 0 Å². The monoisotopic (exact) mass is 474 g/mol. The van der Waals surface area contributed by atoms with E-state index in [0.29, 0.717) is 22.1 Å². The number of thioether (sulfide) groups is 1. The van der Waals surface area contributed by atoms with Gasteiger partial charge in [0.15, 0.2) is 0 Å². The lowest BCUT2D eigenvalue weighted by Crippen LogP contribution is -2.27. The van der Waals surface area contributed by atoms with E-state index in [9.17, 15) is 19.7 Å². The van der Waals surface area contributed by atoms with E-state index < -0.39 is 10.8 Å². The largest absolute Gasteiger partial charge is 0.457 e. The number of hydrogen-bond donors (Lipinski definition) is 0. The molecule has 4 rings (SSSR count). The molecule has 156 valence electrons. The molecule has 1 aliphatic heterocycles. The van der Waals surface area contributed by atoms with Gasteiger partial charge in [-0.3, -0.25) is 24.6 Å². The standard InChI is InChI=1S/C21H12Cl2N2O5S/c22-13-3-1-12(2-4-13)11-24-20(26)19(31-21(24)27)10-15-6-8-18(30-15)16-7-5-14(25(28)29)9-17(16)23/h1-10H,11H2/b19-10-. The summed E-state index contributed by atoms with van der Waals surface area (Å²) in [4.78, 5) is 36.7. The molecule has 2 heterocycles. The van der Waals surface area contributed by atoms with Gasteiger partial charge in [0, 0.05) is 28.8 Å². The van der Waals surface area contributed by atoms with E-state index in [4.69, 9.17) is 27.6 Å². The fourth-order valence-electron chi connectivity index (χ4n) is 2.93. The van der Waals surface area contributed by atoms with Crippen molar-refractivity contribution in [2.24, 2.45) is 0 Å². The number of benzene rings is 2. The minimum Gasteiger partial charge on any atom is -0.457 e. The number of carbonyl (C=O) groups is 2. The van der Waals surface area contributed by atoms with Gasteiger partial charge in [-0.15, -0.1) is 0 Å². The number of nitrogens with zero attached hydrogens (tertiary/aromatic N) is 2. The Kier molecular flexibility index (Phi) is 5.86. The summed E-state index contributed by atoms with van der Waals surface area (Å²) in [6, 6.07) is 14.2. The molecule has 2 aromatic carbocycles. The highest BCUT2D eigenvalue weighted by Crippen LogP contribution is 2.36. The van der Waals surface area contributed by atoms with Crippen LogP contribution >= 0.6 is 35.0 Å². The number of nitro groups is 1. The number of amides is 2. The van der Waals surface area contributed by atoms with Crippen molar-refractivity contribution in [3.8, 4) is 11.3 Å². The van der Waals surface area contributed by atoms with Crippen LogP contribution in [-0.4, -0.2) is 21.0 Å². The van der Waals surface area contributed by atoms with Gasteiger partial charge in [-0.1, -0.05) is 35.3 Å². The molecule has 1 fully saturated rings. The Morgan fingerprint density at radius 3 is 2.48 bits per heavy atom.